The lowest BCUT2D eigenvalue weighted by molar-refractivity contribution is -0.124. The van der Waals surface area contributed by atoms with Gasteiger partial charge in [-0.15, -0.1) is 0 Å². The van der Waals surface area contributed by atoms with Gasteiger partial charge in [-0.05, 0) is 49.1 Å². The van der Waals surface area contributed by atoms with E-state index < -0.39 is 0 Å². The van der Waals surface area contributed by atoms with Crippen molar-refractivity contribution in [1.82, 2.24) is 4.98 Å². The van der Waals surface area contributed by atoms with E-state index in [9.17, 15) is 9.59 Å². The van der Waals surface area contributed by atoms with Gasteiger partial charge in [0.2, 0.25) is 11.8 Å². The second kappa shape index (κ2) is 3.62. The SMILES string of the molecule is Cc1cccc(N2C(=O)[C@@H]3[C@@H]4C=C[C@H]([C@H]5C[C@H]45)[C@@H]3C2=O)n1. The third kappa shape index (κ3) is 1.33. The van der Waals surface area contributed by atoms with Gasteiger partial charge < -0.3 is 0 Å². The average molecular weight is 280 g/mol. The Morgan fingerprint density at radius 2 is 1.67 bits per heavy atom. The summed E-state index contributed by atoms with van der Waals surface area (Å²) in [6.07, 6.45) is 5.58. The zero-order valence-corrected chi connectivity index (χ0v) is 11.8. The predicted octanol–water partition coefficient (Wildman–Crippen LogP) is 1.95. The molecule has 0 aromatic carbocycles. The van der Waals surface area contributed by atoms with Crippen molar-refractivity contribution in [3.8, 4) is 0 Å². The maximum absolute atomic E-state index is 12.8. The van der Waals surface area contributed by atoms with Gasteiger partial charge in [0.05, 0.1) is 11.8 Å². The smallest absolute Gasteiger partial charge is 0.239 e. The molecular formula is C17H16N2O2. The molecule has 2 heterocycles. The van der Waals surface area contributed by atoms with Gasteiger partial charge in [-0.1, -0.05) is 18.2 Å². The van der Waals surface area contributed by atoms with E-state index in [-0.39, 0.29) is 35.5 Å². The topological polar surface area (TPSA) is 50.3 Å². The highest BCUT2D eigenvalue weighted by molar-refractivity contribution is 6.22. The van der Waals surface area contributed by atoms with Crippen LogP contribution >= 0.6 is 0 Å². The first-order valence-corrected chi connectivity index (χ1v) is 7.66. The first-order chi connectivity index (χ1) is 10.2. The fourth-order valence-corrected chi connectivity index (χ4v) is 4.84. The molecule has 3 fully saturated rings. The Hall–Kier alpha value is -1.97. The Kier molecular flexibility index (Phi) is 2.01. The molecule has 2 saturated carbocycles. The Bertz CT molecular complexity index is 674. The van der Waals surface area contributed by atoms with Crippen LogP contribution in [0.25, 0.3) is 0 Å². The number of rotatable bonds is 1. The molecule has 0 unspecified atom stereocenters. The van der Waals surface area contributed by atoms with Crippen LogP contribution in [0.2, 0.25) is 0 Å². The van der Waals surface area contributed by atoms with Gasteiger partial charge >= 0.3 is 0 Å². The maximum atomic E-state index is 12.8. The van der Waals surface area contributed by atoms with Gasteiger partial charge in [0, 0.05) is 5.69 Å². The zero-order valence-electron chi connectivity index (χ0n) is 11.8. The van der Waals surface area contributed by atoms with Gasteiger partial charge in [0.15, 0.2) is 0 Å². The number of imide groups is 1. The van der Waals surface area contributed by atoms with E-state index in [0.29, 0.717) is 17.7 Å². The molecule has 4 nitrogen and oxygen atoms in total. The number of amides is 2. The molecule has 1 aromatic rings. The summed E-state index contributed by atoms with van der Waals surface area (Å²) in [6, 6.07) is 5.49. The van der Waals surface area contributed by atoms with Crippen LogP contribution in [0, 0.1) is 42.4 Å². The number of allylic oxidation sites excluding steroid dienone is 2. The van der Waals surface area contributed by atoms with E-state index in [1.54, 1.807) is 6.07 Å². The average Bonchev–Trinajstić information content (AvgIpc) is 3.24. The molecule has 5 aliphatic rings. The van der Waals surface area contributed by atoms with Gasteiger partial charge in [0.25, 0.3) is 0 Å². The van der Waals surface area contributed by atoms with Crippen molar-refractivity contribution in [2.75, 3.05) is 4.90 Å². The maximum Gasteiger partial charge on any atom is 0.239 e. The minimum atomic E-state index is -0.140. The fourth-order valence-electron chi connectivity index (χ4n) is 4.84. The Balaban J connectivity index is 1.60. The van der Waals surface area contributed by atoms with Crippen molar-refractivity contribution < 1.29 is 9.59 Å². The van der Waals surface area contributed by atoms with Crippen LogP contribution in [-0.2, 0) is 9.59 Å². The number of carbonyl (C=O) groups excluding carboxylic acids is 2. The highest BCUT2D eigenvalue weighted by Gasteiger charge is 2.67. The van der Waals surface area contributed by atoms with Crippen molar-refractivity contribution >= 4 is 17.6 Å². The van der Waals surface area contributed by atoms with Crippen LogP contribution in [0.1, 0.15) is 12.1 Å². The van der Waals surface area contributed by atoms with Crippen LogP contribution in [0.5, 0.6) is 0 Å². The molecular weight excluding hydrogens is 264 g/mol. The minimum absolute atomic E-state index is 0.0344. The van der Waals surface area contributed by atoms with E-state index in [2.05, 4.69) is 17.1 Å². The third-order valence-electron chi connectivity index (χ3n) is 5.77. The standard InChI is InChI=1S/C17H16N2O2/c1-8-3-2-4-13(18-8)19-16(20)14-9-5-6-10(12-7-11(9)12)15(14)17(19)21/h2-6,9-12,14-15H,7H2,1H3/t9-,10-,11-,12-,14-,15+/m1/s1. The zero-order chi connectivity index (χ0) is 14.3. The van der Waals surface area contributed by atoms with Gasteiger partial charge in [-0.2, -0.15) is 0 Å². The van der Waals surface area contributed by atoms with Crippen LogP contribution in [-0.4, -0.2) is 16.8 Å². The number of hydrogen-bond acceptors (Lipinski definition) is 3. The molecule has 106 valence electrons. The summed E-state index contributed by atoms with van der Waals surface area (Å²) < 4.78 is 0. The van der Waals surface area contributed by atoms with E-state index in [1.807, 2.05) is 19.1 Å². The highest BCUT2D eigenvalue weighted by atomic mass is 16.2. The van der Waals surface area contributed by atoms with Crippen molar-refractivity contribution in [2.24, 2.45) is 35.5 Å². The molecule has 1 aliphatic heterocycles. The largest absolute Gasteiger partial charge is 0.274 e. The van der Waals surface area contributed by atoms with Crippen LogP contribution in [0.15, 0.2) is 30.4 Å². The van der Waals surface area contributed by atoms with E-state index in [4.69, 9.17) is 0 Å². The van der Waals surface area contributed by atoms with Gasteiger partial charge in [0.1, 0.15) is 5.82 Å². The van der Waals surface area contributed by atoms with Crippen molar-refractivity contribution in [3.05, 3.63) is 36.0 Å². The van der Waals surface area contributed by atoms with Crippen molar-refractivity contribution in [1.29, 1.82) is 0 Å². The first-order valence-electron chi connectivity index (χ1n) is 7.66. The number of carbonyl (C=O) groups is 2. The Morgan fingerprint density at radius 3 is 2.24 bits per heavy atom. The summed E-state index contributed by atoms with van der Waals surface area (Å²) in [5, 5.41) is 0. The summed E-state index contributed by atoms with van der Waals surface area (Å²) >= 11 is 0. The van der Waals surface area contributed by atoms with Crippen molar-refractivity contribution in [3.63, 3.8) is 0 Å². The van der Waals surface area contributed by atoms with Crippen LogP contribution in [0.3, 0.4) is 0 Å². The molecule has 2 amide bonds. The summed E-state index contributed by atoms with van der Waals surface area (Å²) in [4.78, 5) is 31.4. The molecule has 1 saturated heterocycles. The van der Waals surface area contributed by atoms with Gasteiger partial charge in [-0.3, -0.25) is 9.59 Å². The summed E-state index contributed by atoms with van der Waals surface area (Å²) in [5.74, 6) is 1.98. The normalized spacial score (nSPS) is 42.2. The number of aromatic nitrogens is 1. The second-order valence-electron chi connectivity index (χ2n) is 6.80. The fraction of sp³-hybridized carbons (Fsp3) is 0.471. The molecule has 0 spiro atoms. The van der Waals surface area contributed by atoms with Gasteiger partial charge in [-0.25, -0.2) is 9.88 Å². The van der Waals surface area contributed by atoms with E-state index >= 15 is 0 Å². The Morgan fingerprint density at radius 1 is 1.05 bits per heavy atom. The summed E-state index contributed by atoms with van der Waals surface area (Å²) in [7, 11) is 0. The quantitative estimate of drug-likeness (QED) is 0.583. The third-order valence-corrected chi connectivity index (χ3v) is 5.77. The molecule has 2 bridgehead atoms. The molecule has 6 rings (SSSR count). The Labute approximate surface area is 122 Å². The monoisotopic (exact) mass is 280 g/mol. The molecule has 6 atom stereocenters. The van der Waals surface area contributed by atoms with Crippen LogP contribution in [0.4, 0.5) is 5.82 Å². The second-order valence-corrected chi connectivity index (χ2v) is 6.80. The molecule has 0 radical (unpaired) electrons. The van der Waals surface area contributed by atoms with E-state index in [0.717, 1.165) is 5.69 Å². The summed E-state index contributed by atoms with van der Waals surface area (Å²) in [6.45, 7) is 1.88. The molecule has 1 aromatic heterocycles. The lowest BCUT2D eigenvalue weighted by Gasteiger charge is -2.37. The number of nitrogens with zero attached hydrogens (tertiary/aromatic N) is 2. The molecule has 4 heteroatoms. The highest BCUT2D eigenvalue weighted by Crippen LogP contribution is 2.65. The lowest BCUT2D eigenvalue weighted by Crippen LogP contribution is -2.40. The molecule has 0 N–H and O–H groups in total. The number of aryl methyl sites for hydroxylation is 1. The van der Waals surface area contributed by atoms with Crippen molar-refractivity contribution in [2.45, 2.75) is 13.3 Å². The predicted molar refractivity (Wildman–Crippen MR) is 76.2 cm³/mol. The lowest BCUT2D eigenvalue weighted by atomic mass is 9.63. The van der Waals surface area contributed by atoms with E-state index in [1.165, 1.54) is 11.3 Å². The number of pyridine rings is 1. The number of hydrogen-bond donors (Lipinski definition) is 0. The summed E-state index contributed by atoms with van der Waals surface area (Å²) in [5.41, 5.74) is 0.826. The van der Waals surface area contributed by atoms with Crippen LogP contribution < -0.4 is 4.90 Å². The molecule has 4 aliphatic carbocycles. The first kappa shape index (κ1) is 11.7. The molecule has 21 heavy (non-hydrogen) atoms. The number of anilines is 1. The minimum Gasteiger partial charge on any atom is -0.274 e.